The predicted octanol–water partition coefficient (Wildman–Crippen LogP) is 5.07. The Morgan fingerprint density at radius 1 is 0.971 bits per heavy atom. The van der Waals surface area contributed by atoms with Gasteiger partial charge in [0.1, 0.15) is 17.3 Å². The van der Waals surface area contributed by atoms with Gasteiger partial charge in [0, 0.05) is 32.2 Å². The number of aryl methyl sites for hydroxylation is 1. The summed E-state index contributed by atoms with van der Waals surface area (Å²) in [5.74, 6) is 1.23. The van der Waals surface area contributed by atoms with Crippen LogP contribution in [0.2, 0.25) is 0 Å². The van der Waals surface area contributed by atoms with E-state index in [9.17, 15) is 9.18 Å². The molecule has 1 aliphatic rings. The zero-order valence-electron chi connectivity index (χ0n) is 20.6. The molecule has 1 saturated heterocycles. The van der Waals surface area contributed by atoms with Crippen LogP contribution in [0, 0.1) is 18.7 Å². The summed E-state index contributed by atoms with van der Waals surface area (Å²) in [5.41, 5.74) is 4.37. The van der Waals surface area contributed by atoms with Gasteiger partial charge in [0.2, 0.25) is 5.91 Å². The van der Waals surface area contributed by atoms with E-state index in [1.165, 1.54) is 17.7 Å². The van der Waals surface area contributed by atoms with E-state index in [1.54, 1.807) is 14.2 Å². The van der Waals surface area contributed by atoms with Crippen molar-refractivity contribution in [1.82, 2.24) is 10.2 Å². The molecule has 0 bridgehead atoms. The minimum Gasteiger partial charge on any atom is -0.497 e. The van der Waals surface area contributed by atoms with E-state index >= 15 is 0 Å². The van der Waals surface area contributed by atoms with Crippen molar-refractivity contribution in [2.24, 2.45) is 5.92 Å². The molecule has 0 spiro atoms. The van der Waals surface area contributed by atoms with Gasteiger partial charge in [-0.25, -0.2) is 4.39 Å². The van der Waals surface area contributed by atoms with E-state index in [1.807, 2.05) is 55.5 Å². The van der Waals surface area contributed by atoms with Crippen LogP contribution in [-0.4, -0.2) is 38.1 Å². The lowest BCUT2D eigenvalue weighted by Gasteiger charge is -2.37. The number of carbonyl (C=O) groups is 1. The van der Waals surface area contributed by atoms with E-state index < -0.39 is 0 Å². The number of nitrogens with zero attached hydrogens (tertiary/aromatic N) is 1. The van der Waals surface area contributed by atoms with E-state index in [-0.39, 0.29) is 23.6 Å². The fourth-order valence-corrected chi connectivity index (χ4v) is 4.86. The van der Waals surface area contributed by atoms with Crippen LogP contribution in [0.15, 0.2) is 66.7 Å². The Labute approximate surface area is 206 Å². The largest absolute Gasteiger partial charge is 0.497 e. The Balaban J connectivity index is 1.52. The average Bonchev–Trinajstić information content (AvgIpc) is 2.87. The van der Waals surface area contributed by atoms with Crippen molar-refractivity contribution in [3.8, 4) is 11.5 Å². The molecular weight excluding hydrogens is 443 g/mol. The van der Waals surface area contributed by atoms with Gasteiger partial charge in [-0.3, -0.25) is 9.69 Å². The summed E-state index contributed by atoms with van der Waals surface area (Å²) >= 11 is 0. The fraction of sp³-hybridized carbons (Fsp3) is 0.345. The van der Waals surface area contributed by atoms with Crippen molar-refractivity contribution in [3.05, 3.63) is 94.8 Å². The first kappa shape index (κ1) is 24.7. The smallest absolute Gasteiger partial charge is 0.224 e. The minimum atomic E-state index is -0.252. The molecule has 1 amide bonds. The quantitative estimate of drug-likeness (QED) is 0.493. The van der Waals surface area contributed by atoms with Crippen LogP contribution in [0.1, 0.15) is 34.6 Å². The summed E-state index contributed by atoms with van der Waals surface area (Å²) < 4.78 is 24.4. The second kappa shape index (κ2) is 11.4. The van der Waals surface area contributed by atoms with Crippen molar-refractivity contribution >= 4 is 5.91 Å². The molecule has 1 N–H and O–H groups in total. The SMILES string of the molecule is COc1cc(CN2CC(C(=O)NCc3cccc(C)c3)CC(c3ccc(F)cc3)C2)cc(OC)c1. The third-order valence-corrected chi connectivity index (χ3v) is 6.61. The molecule has 1 aliphatic heterocycles. The second-order valence-corrected chi connectivity index (χ2v) is 9.30. The van der Waals surface area contributed by atoms with Gasteiger partial charge < -0.3 is 14.8 Å². The molecule has 1 heterocycles. The summed E-state index contributed by atoms with van der Waals surface area (Å²) in [6.45, 7) is 4.65. The molecular formula is C29H33FN2O3. The number of amides is 1. The molecule has 3 aromatic carbocycles. The van der Waals surface area contributed by atoms with Gasteiger partial charge >= 0.3 is 0 Å². The second-order valence-electron chi connectivity index (χ2n) is 9.30. The van der Waals surface area contributed by atoms with Crippen molar-refractivity contribution < 1.29 is 18.7 Å². The molecule has 4 rings (SSSR count). The molecule has 0 saturated carbocycles. The molecule has 0 radical (unpaired) electrons. The van der Waals surface area contributed by atoms with Gasteiger partial charge in [0.25, 0.3) is 0 Å². The third kappa shape index (κ3) is 6.61. The Morgan fingerprint density at radius 3 is 2.34 bits per heavy atom. The molecule has 1 fully saturated rings. The molecule has 5 nitrogen and oxygen atoms in total. The number of hydrogen-bond acceptors (Lipinski definition) is 4. The normalized spacial score (nSPS) is 18.2. The van der Waals surface area contributed by atoms with Crippen LogP contribution in [0.4, 0.5) is 4.39 Å². The first-order valence-electron chi connectivity index (χ1n) is 12.0. The van der Waals surface area contributed by atoms with E-state index in [4.69, 9.17) is 9.47 Å². The van der Waals surface area contributed by atoms with Gasteiger partial charge in [0.15, 0.2) is 0 Å². The van der Waals surface area contributed by atoms with Gasteiger partial charge in [-0.05, 0) is 60.2 Å². The molecule has 6 heteroatoms. The van der Waals surface area contributed by atoms with E-state index in [0.717, 1.165) is 41.2 Å². The van der Waals surface area contributed by atoms with Crippen LogP contribution in [0.25, 0.3) is 0 Å². The average molecular weight is 477 g/mol. The lowest BCUT2D eigenvalue weighted by molar-refractivity contribution is -0.127. The minimum absolute atomic E-state index is 0.0477. The van der Waals surface area contributed by atoms with Gasteiger partial charge in [0.05, 0.1) is 20.1 Å². The van der Waals surface area contributed by atoms with Crippen LogP contribution < -0.4 is 14.8 Å². The van der Waals surface area contributed by atoms with Crippen molar-refractivity contribution in [2.45, 2.75) is 32.4 Å². The van der Waals surface area contributed by atoms with Crippen LogP contribution in [0.3, 0.4) is 0 Å². The van der Waals surface area contributed by atoms with E-state index in [2.05, 4.69) is 16.3 Å². The highest BCUT2D eigenvalue weighted by molar-refractivity contribution is 5.79. The van der Waals surface area contributed by atoms with Gasteiger partial charge in [-0.2, -0.15) is 0 Å². The first-order valence-corrected chi connectivity index (χ1v) is 12.0. The molecule has 3 aromatic rings. The molecule has 35 heavy (non-hydrogen) atoms. The highest BCUT2D eigenvalue weighted by atomic mass is 19.1. The Kier molecular flexibility index (Phi) is 8.03. The maximum atomic E-state index is 13.6. The number of rotatable bonds is 8. The number of methoxy groups -OCH3 is 2. The van der Waals surface area contributed by atoms with Crippen LogP contribution in [-0.2, 0) is 17.9 Å². The highest BCUT2D eigenvalue weighted by Crippen LogP contribution is 2.32. The van der Waals surface area contributed by atoms with Gasteiger partial charge in [-0.1, -0.05) is 42.0 Å². The number of nitrogens with one attached hydrogen (secondary N) is 1. The Hall–Kier alpha value is -3.38. The van der Waals surface area contributed by atoms with Crippen molar-refractivity contribution in [2.75, 3.05) is 27.3 Å². The summed E-state index contributed by atoms with van der Waals surface area (Å²) in [5, 5.41) is 3.13. The fourth-order valence-electron chi connectivity index (χ4n) is 4.86. The lowest BCUT2D eigenvalue weighted by Crippen LogP contribution is -2.45. The number of likely N-dealkylation sites (tertiary alicyclic amines) is 1. The topological polar surface area (TPSA) is 50.8 Å². The maximum absolute atomic E-state index is 13.6. The summed E-state index contributed by atoms with van der Waals surface area (Å²) in [7, 11) is 3.28. The highest BCUT2D eigenvalue weighted by Gasteiger charge is 2.32. The number of halogens is 1. The van der Waals surface area contributed by atoms with Crippen molar-refractivity contribution in [3.63, 3.8) is 0 Å². The number of ether oxygens (including phenoxy) is 2. The zero-order valence-corrected chi connectivity index (χ0v) is 20.6. The first-order chi connectivity index (χ1) is 16.9. The molecule has 0 aliphatic carbocycles. The van der Waals surface area contributed by atoms with E-state index in [0.29, 0.717) is 19.6 Å². The standard InChI is InChI=1S/C29H33FN2O3/c1-20-5-4-6-21(11-20)16-31-29(33)25-14-24(23-7-9-26(30)10-8-23)18-32(19-25)17-22-12-27(34-2)15-28(13-22)35-3/h4-13,15,24-25H,14,16-19H2,1-3H3,(H,31,33). The Bertz CT molecular complexity index is 1130. The number of piperidine rings is 1. The summed E-state index contributed by atoms with van der Waals surface area (Å²) in [6, 6.07) is 20.7. The maximum Gasteiger partial charge on any atom is 0.224 e. The molecule has 2 unspecified atom stereocenters. The number of hydrogen-bond donors (Lipinski definition) is 1. The lowest BCUT2D eigenvalue weighted by atomic mass is 9.83. The van der Waals surface area contributed by atoms with Crippen molar-refractivity contribution in [1.29, 1.82) is 0 Å². The third-order valence-electron chi connectivity index (χ3n) is 6.61. The molecule has 0 aromatic heterocycles. The molecule has 2 atom stereocenters. The predicted molar refractivity (Wildman–Crippen MR) is 135 cm³/mol. The number of benzene rings is 3. The monoisotopic (exact) mass is 476 g/mol. The zero-order chi connectivity index (χ0) is 24.8. The van der Waals surface area contributed by atoms with Gasteiger partial charge in [-0.15, -0.1) is 0 Å². The Morgan fingerprint density at radius 2 is 1.69 bits per heavy atom. The number of carbonyl (C=O) groups excluding carboxylic acids is 1. The summed E-state index contributed by atoms with van der Waals surface area (Å²) in [6.07, 6.45) is 0.725. The molecule has 184 valence electrons. The van der Waals surface area contributed by atoms with Crippen LogP contribution >= 0.6 is 0 Å². The van der Waals surface area contributed by atoms with Crippen LogP contribution in [0.5, 0.6) is 11.5 Å². The summed E-state index contributed by atoms with van der Waals surface area (Å²) in [4.78, 5) is 15.5.